The minimum Gasteiger partial charge on any atom is -0.485 e. The first kappa shape index (κ1) is 36.1. The Morgan fingerprint density at radius 3 is 1.90 bits per heavy atom. The van der Waals surface area contributed by atoms with Crippen LogP contribution in [0.4, 0.5) is 0 Å². The van der Waals surface area contributed by atoms with Gasteiger partial charge in [0.05, 0.1) is 13.2 Å². The van der Waals surface area contributed by atoms with Gasteiger partial charge in [0.25, 0.3) is 0 Å². The van der Waals surface area contributed by atoms with Gasteiger partial charge in [0.1, 0.15) is 32.0 Å². The first-order valence-electron chi connectivity index (χ1n) is 15.7. The maximum Gasteiger partial charge on any atom is 0.303 e. The third-order valence-corrected chi connectivity index (χ3v) is 7.21. The van der Waals surface area contributed by atoms with Gasteiger partial charge >= 0.3 is 17.9 Å². The van der Waals surface area contributed by atoms with Crippen LogP contribution in [-0.2, 0) is 62.4 Å². The Hall–Kier alpha value is -4.71. The Morgan fingerprint density at radius 2 is 1.31 bits per heavy atom. The van der Waals surface area contributed by atoms with Crippen molar-refractivity contribution in [2.75, 3.05) is 19.8 Å². The quantitative estimate of drug-likeness (QED) is 0.109. The zero-order valence-corrected chi connectivity index (χ0v) is 27.4. The second kappa shape index (κ2) is 18.6. The van der Waals surface area contributed by atoms with E-state index in [1.54, 1.807) is 0 Å². The first-order valence-corrected chi connectivity index (χ1v) is 15.7. The second-order valence-electron chi connectivity index (χ2n) is 11.0. The molecule has 1 saturated heterocycles. The Balaban J connectivity index is 1.51. The van der Waals surface area contributed by atoms with Gasteiger partial charge in [0, 0.05) is 20.8 Å². The topological polar surface area (TPSA) is 125 Å². The standard InChI is InChI=1S/C37H42O11/c1-5-19-41-35-34(46-26(3)39)33(24-43-25(2)38)48-37(36(35)47-27(4)40)42-20-18-28-16-17-31(44-22-29-12-8-6-9-13-29)32(21-28)45-23-30-14-10-7-11-15-30/h5-17,21,33-37H,1,18-20,22-24H2,2-4H3/t33-,34-,35+,36-,37-/m1/s1. The molecule has 0 spiro atoms. The molecule has 0 amide bonds. The van der Waals surface area contributed by atoms with Crippen LogP contribution in [0.15, 0.2) is 91.5 Å². The predicted octanol–water partition coefficient (Wildman–Crippen LogP) is 5.13. The molecule has 3 aromatic rings. The van der Waals surface area contributed by atoms with Crippen molar-refractivity contribution in [1.82, 2.24) is 0 Å². The van der Waals surface area contributed by atoms with Gasteiger partial charge in [0.15, 0.2) is 30.0 Å². The fourth-order valence-electron chi connectivity index (χ4n) is 5.07. The Kier molecular flexibility index (Phi) is 14.0. The van der Waals surface area contributed by atoms with E-state index in [1.807, 2.05) is 78.9 Å². The van der Waals surface area contributed by atoms with Crippen LogP contribution in [0, 0.1) is 0 Å². The summed E-state index contributed by atoms with van der Waals surface area (Å²) in [5.74, 6) is -0.619. The first-order chi connectivity index (χ1) is 23.2. The van der Waals surface area contributed by atoms with Crippen molar-refractivity contribution in [2.45, 2.75) is 71.1 Å². The lowest BCUT2D eigenvalue weighted by atomic mass is 9.98. The molecule has 11 heteroatoms. The van der Waals surface area contributed by atoms with E-state index in [0.717, 1.165) is 16.7 Å². The van der Waals surface area contributed by atoms with Gasteiger partial charge < -0.3 is 37.9 Å². The van der Waals surface area contributed by atoms with E-state index in [9.17, 15) is 14.4 Å². The monoisotopic (exact) mass is 662 g/mol. The van der Waals surface area contributed by atoms with Gasteiger partial charge in [-0.3, -0.25) is 14.4 Å². The molecule has 1 fully saturated rings. The minimum atomic E-state index is -1.14. The van der Waals surface area contributed by atoms with E-state index in [2.05, 4.69) is 6.58 Å². The maximum absolute atomic E-state index is 12.2. The molecular formula is C37H42O11. The van der Waals surface area contributed by atoms with Crippen molar-refractivity contribution < 1.29 is 52.3 Å². The SMILES string of the molecule is C=CCO[C@@H]1[C@@H](OC(C)=O)[C@H](OCCc2ccc(OCc3ccccc3)c(OCc3ccccc3)c2)O[C@H](COC(C)=O)[C@H]1OC(C)=O. The lowest BCUT2D eigenvalue weighted by molar-refractivity contribution is -0.311. The summed E-state index contributed by atoms with van der Waals surface area (Å²) in [5, 5.41) is 0. The Labute approximate surface area is 280 Å². The van der Waals surface area contributed by atoms with Gasteiger partial charge in [-0.1, -0.05) is 72.8 Å². The third kappa shape index (κ3) is 11.2. The summed E-state index contributed by atoms with van der Waals surface area (Å²) in [6.45, 7) is 8.06. The van der Waals surface area contributed by atoms with Crippen molar-refractivity contribution >= 4 is 17.9 Å². The molecule has 5 atom stereocenters. The lowest BCUT2D eigenvalue weighted by Crippen LogP contribution is -2.62. The van der Waals surface area contributed by atoms with Crippen molar-refractivity contribution in [3.8, 4) is 11.5 Å². The van der Waals surface area contributed by atoms with Crippen LogP contribution in [0.2, 0.25) is 0 Å². The number of rotatable bonds is 17. The smallest absolute Gasteiger partial charge is 0.303 e. The van der Waals surface area contributed by atoms with Crippen molar-refractivity contribution in [3.63, 3.8) is 0 Å². The Morgan fingerprint density at radius 1 is 0.708 bits per heavy atom. The van der Waals surface area contributed by atoms with E-state index >= 15 is 0 Å². The fraction of sp³-hybridized carbons (Fsp3) is 0.378. The van der Waals surface area contributed by atoms with Crippen molar-refractivity contribution in [2.24, 2.45) is 0 Å². The summed E-state index contributed by atoms with van der Waals surface area (Å²) in [4.78, 5) is 35.8. The summed E-state index contributed by atoms with van der Waals surface area (Å²) >= 11 is 0. The molecule has 11 nitrogen and oxygen atoms in total. The molecule has 1 heterocycles. The summed E-state index contributed by atoms with van der Waals surface area (Å²) < 4.78 is 46.8. The molecule has 3 aromatic carbocycles. The molecule has 0 bridgehead atoms. The normalized spacial score (nSPS) is 20.3. The van der Waals surface area contributed by atoms with E-state index in [0.29, 0.717) is 31.1 Å². The molecule has 0 aromatic heterocycles. The Bertz CT molecular complexity index is 1480. The highest BCUT2D eigenvalue weighted by Gasteiger charge is 2.51. The van der Waals surface area contributed by atoms with Crippen molar-refractivity contribution in [3.05, 3.63) is 108 Å². The van der Waals surface area contributed by atoms with E-state index in [4.69, 9.17) is 37.9 Å². The molecule has 0 saturated carbocycles. The third-order valence-electron chi connectivity index (χ3n) is 7.21. The molecule has 0 unspecified atom stereocenters. The molecule has 0 radical (unpaired) electrons. The highest BCUT2D eigenvalue weighted by Crippen LogP contribution is 2.32. The van der Waals surface area contributed by atoms with Crippen LogP contribution in [0.1, 0.15) is 37.5 Å². The summed E-state index contributed by atoms with van der Waals surface area (Å²) in [7, 11) is 0. The van der Waals surface area contributed by atoms with Gasteiger partial charge in [-0.2, -0.15) is 0 Å². The van der Waals surface area contributed by atoms with E-state index < -0.39 is 48.6 Å². The predicted molar refractivity (Wildman–Crippen MR) is 174 cm³/mol. The molecule has 0 aliphatic carbocycles. The number of ether oxygens (including phenoxy) is 8. The number of hydrogen-bond donors (Lipinski definition) is 0. The molecule has 0 N–H and O–H groups in total. The minimum absolute atomic E-state index is 0.0532. The number of carbonyl (C=O) groups is 3. The molecular weight excluding hydrogens is 620 g/mol. The van der Waals surface area contributed by atoms with E-state index in [1.165, 1.54) is 26.8 Å². The van der Waals surface area contributed by atoms with Crippen LogP contribution in [0.3, 0.4) is 0 Å². The largest absolute Gasteiger partial charge is 0.485 e. The summed E-state index contributed by atoms with van der Waals surface area (Å²) in [6, 6.07) is 25.3. The van der Waals surface area contributed by atoms with Crippen molar-refractivity contribution in [1.29, 1.82) is 0 Å². The number of carbonyl (C=O) groups excluding carboxylic acids is 3. The average molecular weight is 663 g/mol. The lowest BCUT2D eigenvalue weighted by Gasteiger charge is -2.44. The van der Waals surface area contributed by atoms with Crippen LogP contribution < -0.4 is 9.47 Å². The van der Waals surface area contributed by atoms with Crippen LogP contribution in [0.25, 0.3) is 0 Å². The molecule has 48 heavy (non-hydrogen) atoms. The van der Waals surface area contributed by atoms with Gasteiger partial charge in [-0.15, -0.1) is 6.58 Å². The highest BCUT2D eigenvalue weighted by atomic mass is 16.7. The number of esters is 3. The van der Waals surface area contributed by atoms with Gasteiger partial charge in [0.2, 0.25) is 0 Å². The van der Waals surface area contributed by atoms with Gasteiger partial charge in [-0.25, -0.2) is 0 Å². The summed E-state index contributed by atoms with van der Waals surface area (Å²) in [6.07, 6.45) is -3.37. The van der Waals surface area contributed by atoms with Gasteiger partial charge in [-0.05, 0) is 35.2 Å². The number of benzene rings is 3. The molecule has 4 rings (SSSR count). The zero-order valence-electron chi connectivity index (χ0n) is 27.4. The van der Waals surface area contributed by atoms with Crippen LogP contribution >= 0.6 is 0 Å². The molecule has 256 valence electrons. The second-order valence-corrected chi connectivity index (χ2v) is 11.0. The molecule has 1 aliphatic rings. The van der Waals surface area contributed by atoms with Crippen LogP contribution in [0.5, 0.6) is 11.5 Å². The fourth-order valence-corrected chi connectivity index (χ4v) is 5.07. The number of hydrogen-bond acceptors (Lipinski definition) is 11. The maximum atomic E-state index is 12.2. The molecule has 1 aliphatic heterocycles. The highest BCUT2D eigenvalue weighted by molar-refractivity contribution is 5.67. The van der Waals surface area contributed by atoms with E-state index in [-0.39, 0.29) is 19.8 Å². The zero-order chi connectivity index (χ0) is 34.3. The van der Waals surface area contributed by atoms with Crippen LogP contribution in [-0.4, -0.2) is 68.4 Å². The summed E-state index contributed by atoms with van der Waals surface area (Å²) in [5.41, 5.74) is 2.92. The average Bonchev–Trinajstić information content (AvgIpc) is 3.07.